The summed E-state index contributed by atoms with van der Waals surface area (Å²) >= 11 is 7.70. The van der Waals surface area contributed by atoms with E-state index in [1.165, 1.54) is 0 Å². The molecule has 0 fully saturated rings. The molecular weight excluding hydrogens is 404 g/mol. The van der Waals surface area contributed by atoms with Gasteiger partial charge in [0, 0.05) is 17.3 Å². The van der Waals surface area contributed by atoms with E-state index >= 15 is 0 Å². The van der Waals surface area contributed by atoms with Gasteiger partial charge in [0.05, 0.1) is 10.9 Å². The Labute approximate surface area is 178 Å². The number of hydrogen-bond donors (Lipinski definition) is 0. The Morgan fingerprint density at radius 3 is 2.72 bits per heavy atom. The molecule has 0 aliphatic rings. The Kier molecular flexibility index (Phi) is 5.65. The fraction of sp³-hybridized carbons (Fsp3) is 0.318. The Balaban J connectivity index is 1.84. The van der Waals surface area contributed by atoms with E-state index in [4.69, 9.17) is 11.6 Å². The Morgan fingerprint density at radius 2 is 1.97 bits per heavy atom. The minimum Gasteiger partial charge on any atom is -0.276 e. The van der Waals surface area contributed by atoms with Crippen molar-refractivity contribution >= 4 is 40.0 Å². The van der Waals surface area contributed by atoms with Crippen molar-refractivity contribution in [3.63, 3.8) is 0 Å². The molecule has 4 aromatic rings. The number of nitrogens with zero attached hydrogens (tertiary/aromatic N) is 4. The van der Waals surface area contributed by atoms with Crippen molar-refractivity contribution in [2.75, 3.05) is 0 Å². The molecule has 5 nitrogen and oxygen atoms in total. The average molecular weight is 427 g/mol. The van der Waals surface area contributed by atoms with Crippen LogP contribution in [0.5, 0.6) is 0 Å². The van der Waals surface area contributed by atoms with Gasteiger partial charge < -0.3 is 0 Å². The summed E-state index contributed by atoms with van der Waals surface area (Å²) in [5.41, 5.74) is 3.02. The van der Waals surface area contributed by atoms with E-state index in [-0.39, 0.29) is 5.56 Å². The van der Waals surface area contributed by atoms with Gasteiger partial charge in [0.1, 0.15) is 0 Å². The summed E-state index contributed by atoms with van der Waals surface area (Å²) in [6, 6.07) is 13.8. The topological polar surface area (TPSA) is 52.2 Å². The van der Waals surface area contributed by atoms with E-state index in [1.54, 1.807) is 16.3 Å². The van der Waals surface area contributed by atoms with E-state index in [0.29, 0.717) is 23.6 Å². The molecule has 0 spiro atoms. The average Bonchev–Trinajstić information content (AvgIpc) is 3.10. The van der Waals surface area contributed by atoms with E-state index < -0.39 is 0 Å². The molecule has 2 aromatic carbocycles. The number of aryl methyl sites for hydroxylation is 2. The van der Waals surface area contributed by atoms with E-state index in [0.717, 1.165) is 39.0 Å². The first-order chi connectivity index (χ1) is 13.9. The number of fused-ring (bicyclic) bond motifs is 3. The van der Waals surface area contributed by atoms with Crippen LogP contribution in [0.15, 0.2) is 52.4 Å². The van der Waals surface area contributed by atoms with Gasteiger partial charge in [-0.25, -0.2) is 0 Å². The fourth-order valence-corrected chi connectivity index (χ4v) is 4.45. The van der Waals surface area contributed by atoms with Gasteiger partial charge in [0.25, 0.3) is 5.56 Å². The van der Waals surface area contributed by atoms with Crippen molar-refractivity contribution in [1.82, 2.24) is 19.2 Å². The van der Waals surface area contributed by atoms with Gasteiger partial charge in [-0.2, -0.15) is 0 Å². The molecule has 0 aliphatic carbocycles. The molecule has 0 bridgehead atoms. The van der Waals surface area contributed by atoms with Gasteiger partial charge in [0.15, 0.2) is 5.16 Å². The monoisotopic (exact) mass is 426 g/mol. The van der Waals surface area contributed by atoms with Gasteiger partial charge in [-0.3, -0.25) is 13.8 Å². The van der Waals surface area contributed by atoms with Crippen LogP contribution in [0.1, 0.15) is 31.4 Å². The van der Waals surface area contributed by atoms with Crippen LogP contribution in [0.4, 0.5) is 0 Å². The molecule has 0 amide bonds. The number of aromatic nitrogens is 4. The van der Waals surface area contributed by atoms with Crippen molar-refractivity contribution in [3.05, 3.63) is 69.0 Å². The van der Waals surface area contributed by atoms with Gasteiger partial charge >= 0.3 is 0 Å². The molecular formula is C22H23ClN4OS. The highest BCUT2D eigenvalue weighted by molar-refractivity contribution is 7.98. The molecule has 7 heteroatoms. The van der Waals surface area contributed by atoms with Gasteiger partial charge in [0.2, 0.25) is 5.78 Å². The molecule has 0 unspecified atom stereocenters. The van der Waals surface area contributed by atoms with E-state index in [1.807, 2.05) is 53.8 Å². The van der Waals surface area contributed by atoms with Crippen molar-refractivity contribution in [2.45, 2.75) is 44.6 Å². The standard InChI is InChI=1S/C22H23ClN4OS/c1-14(2)9-10-26-20(28)18-11-15(3)7-8-19(18)27-21(26)24-25-22(27)29-13-16-5-4-6-17(23)12-16/h4-8,11-12,14H,9-10,13H2,1-3H3. The quantitative estimate of drug-likeness (QED) is 0.390. The fourth-order valence-electron chi connectivity index (χ4n) is 3.36. The van der Waals surface area contributed by atoms with E-state index in [9.17, 15) is 4.79 Å². The second-order valence-electron chi connectivity index (χ2n) is 7.70. The molecule has 0 saturated heterocycles. The van der Waals surface area contributed by atoms with Crippen LogP contribution < -0.4 is 5.56 Å². The first-order valence-electron chi connectivity index (χ1n) is 9.69. The summed E-state index contributed by atoms with van der Waals surface area (Å²) in [5.74, 6) is 1.81. The molecule has 29 heavy (non-hydrogen) atoms. The molecule has 2 heterocycles. The van der Waals surface area contributed by atoms with Crippen molar-refractivity contribution in [2.24, 2.45) is 5.92 Å². The molecule has 150 valence electrons. The number of benzene rings is 2. The van der Waals surface area contributed by atoms with Crippen LogP contribution in [0, 0.1) is 12.8 Å². The van der Waals surface area contributed by atoms with Crippen LogP contribution in [0.2, 0.25) is 5.02 Å². The largest absolute Gasteiger partial charge is 0.276 e. The van der Waals surface area contributed by atoms with Crippen molar-refractivity contribution in [1.29, 1.82) is 0 Å². The summed E-state index contributed by atoms with van der Waals surface area (Å²) in [5, 5.41) is 11.0. The Morgan fingerprint density at radius 1 is 1.14 bits per heavy atom. The number of halogens is 1. The maximum absolute atomic E-state index is 13.2. The molecule has 0 atom stereocenters. The summed E-state index contributed by atoms with van der Waals surface area (Å²) in [7, 11) is 0. The van der Waals surface area contributed by atoms with E-state index in [2.05, 4.69) is 24.0 Å². The number of thioether (sulfide) groups is 1. The van der Waals surface area contributed by atoms with Crippen molar-refractivity contribution < 1.29 is 0 Å². The smallest absolute Gasteiger partial charge is 0.262 e. The zero-order chi connectivity index (χ0) is 20.5. The minimum absolute atomic E-state index is 0.00404. The normalized spacial score (nSPS) is 11.8. The molecule has 0 radical (unpaired) electrons. The molecule has 0 saturated carbocycles. The zero-order valence-electron chi connectivity index (χ0n) is 16.7. The van der Waals surface area contributed by atoms with Crippen LogP contribution in [-0.4, -0.2) is 19.2 Å². The number of rotatable bonds is 6. The van der Waals surface area contributed by atoms with Crippen LogP contribution >= 0.6 is 23.4 Å². The summed E-state index contributed by atoms with van der Waals surface area (Å²) in [4.78, 5) is 13.2. The molecule has 2 aromatic heterocycles. The lowest BCUT2D eigenvalue weighted by molar-refractivity contribution is 0.512. The molecule has 0 aliphatic heterocycles. The van der Waals surface area contributed by atoms with Gasteiger partial charge in [-0.15, -0.1) is 10.2 Å². The SMILES string of the molecule is Cc1ccc2c(c1)c(=O)n(CCC(C)C)c1nnc(SCc3cccc(Cl)c3)n21. The van der Waals surface area contributed by atoms with Crippen LogP contribution in [0.3, 0.4) is 0 Å². The highest BCUT2D eigenvalue weighted by Gasteiger charge is 2.17. The lowest BCUT2D eigenvalue weighted by Gasteiger charge is -2.13. The van der Waals surface area contributed by atoms with Gasteiger partial charge in [-0.05, 0) is 49.1 Å². The van der Waals surface area contributed by atoms with Crippen molar-refractivity contribution in [3.8, 4) is 0 Å². The first-order valence-corrected chi connectivity index (χ1v) is 11.1. The highest BCUT2D eigenvalue weighted by Crippen LogP contribution is 2.26. The predicted octanol–water partition coefficient (Wildman–Crippen LogP) is 5.34. The van der Waals surface area contributed by atoms with Gasteiger partial charge in [-0.1, -0.05) is 61.0 Å². The lowest BCUT2D eigenvalue weighted by Crippen LogP contribution is -2.24. The second-order valence-corrected chi connectivity index (χ2v) is 9.08. The molecule has 4 rings (SSSR count). The third-order valence-electron chi connectivity index (χ3n) is 4.91. The maximum atomic E-state index is 13.2. The first kappa shape index (κ1) is 20.0. The maximum Gasteiger partial charge on any atom is 0.262 e. The molecule has 0 N–H and O–H groups in total. The third-order valence-corrected chi connectivity index (χ3v) is 6.15. The zero-order valence-corrected chi connectivity index (χ0v) is 18.3. The highest BCUT2D eigenvalue weighted by atomic mass is 35.5. The minimum atomic E-state index is -0.00404. The van der Waals surface area contributed by atoms with Crippen LogP contribution in [0.25, 0.3) is 16.7 Å². The second kappa shape index (κ2) is 8.20. The third kappa shape index (κ3) is 4.05. The summed E-state index contributed by atoms with van der Waals surface area (Å²) < 4.78 is 3.77. The summed E-state index contributed by atoms with van der Waals surface area (Å²) in [6.45, 7) is 6.94. The van der Waals surface area contributed by atoms with Crippen LogP contribution in [-0.2, 0) is 12.3 Å². The lowest BCUT2D eigenvalue weighted by atomic mass is 10.1. The predicted molar refractivity (Wildman–Crippen MR) is 120 cm³/mol. The Bertz CT molecular complexity index is 1250. The Hall–Kier alpha value is -2.31. The summed E-state index contributed by atoms with van der Waals surface area (Å²) in [6.07, 6.45) is 0.907. The number of hydrogen-bond acceptors (Lipinski definition) is 4.